The highest BCUT2D eigenvalue weighted by atomic mass is 16.6. The van der Waals surface area contributed by atoms with Crippen LogP contribution in [0.4, 0.5) is 0 Å². The van der Waals surface area contributed by atoms with E-state index in [1.165, 1.54) is 17.7 Å². The van der Waals surface area contributed by atoms with Gasteiger partial charge in [-0.15, -0.1) is 0 Å². The van der Waals surface area contributed by atoms with Gasteiger partial charge in [0.15, 0.2) is 0 Å². The van der Waals surface area contributed by atoms with Crippen LogP contribution in [0.1, 0.15) is 53.4 Å². The Kier molecular flexibility index (Phi) is 6.76. The Hall–Kier alpha value is -2.26. The van der Waals surface area contributed by atoms with Crippen LogP contribution in [0.5, 0.6) is 0 Å². The number of carbonyl (C=O) groups excluding carboxylic acids is 2. The zero-order valence-corrected chi connectivity index (χ0v) is 22.0. The molecule has 0 radical (unpaired) electrons. The van der Waals surface area contributed by atoms with Crippen LogP contribution in [0.2, 0.25) is 0 Å². The van der Waals surface area contributed by atoms with Crippen molar-refractivity contribution in [1.82, 2.24) is 0 Å². The van der Waals surface area contributed by atoms with E-state index in [1.807, 2.05) is 13.8 Å². The fourth-order valence-electron chi connectivity index (χ4n) is 7.42. The lowest BCUT2D eigenvalue weighted by molar-refractivity contribution is -0.343. The van der Waals surface area contributed by atoms with Gasteiger partial charge in [0.1, 0.15) is 24.4 Å². The maximum absolute atomic E-state index is 12.9. The molecular formula is C29H38O8. The van der Waals surface area contributed by atoms with Gasteiger partial charge >= 0.3 is 11.9 Å². The van der Waals surface area contributed by atoms with Crippen LogP contribution in [0.15, 0.2) is 47.6 Å². The number of allylic oxidation sites excluding steroid dienone is 3. The Morgan fingerprint density at radius 3 is 2.68 bits per heavy atom. The van der Waals surface area contributed by atoms with E-state index in [1.54, 1.807) is 25.2 Å². The van der Waals surface area contributed by atoms with Gasteiger partial charge in [-0.05, 0) is 40.0 Å². The fraction of sp³-hybridized carbons (Fsp3) is 0.655. The zero-order valence-electron chi connectivity index (χ0n) is 22.0. The highest BCUT2D eigenvalue weighted by Gasteiger charge is 2.82. The Bertz CT molecular complexity index is 1070. The minimum absolute atomic E-state index is 0.0235. The highest BCUT2D eigenvalue weighted by molar-refractivity contribution is 5.83. The third-order valence-corrected chi connectivity index (χ3v) is 9.68. The lowest BCUT2D eigenvalue weighted by Crippen LogP contribution is -2.77. The van der Waals surface area contributed by atoms with Crippen molar-refractivity contribution in [3.63, 3.8) is 0 Å². The van der Waals surface area contributed by atoms with Gasteiger partial charge in [0.25, 0.3) is 0 Å². The van der Waals surface area contributed by atoms with Crippen molar-refractivity contribution in [3.05, 3.63) is 47.6 Å². The molecule has 0 aromatic rings. The smallest absolute Gasteiger partial charge is 0.331 e. The van der Waals surface area contributed by atoms with E-state index in [0.717, 1.165) is 5.57 Å². The topological polar surface area (TPSA) is 112 Å². The summed E-state index contributed by atoms with van der Waals surface area (Å²) in [7, 11) is 0. The van der Waals surface area contributed by atoms with Crippen molar-refractivity contribution < 1.29 is 38.7 Å². The van der Waals surface area contributed by atoms with Gasteiger partial charge < -0.3 is 29.2 Å². The molecule has 1 spiro atoms. The van der Waals surface area contributed by atoms with Crippen LogP contribution in [0, 0.1) is 16.7 Å². The Balaban J connectivity index is 1.52. The molecule has 2 saturated heterocycles. The van der Waals surface area contributed by atoms with E-state index in [0.29, 0.717) is 32.3 Å². The van der Waals surface area contributed by atoms with Crippen LogP contribution in [-0.2, 0) is 28.5 Å². The molecule has 4 fully saturated rings. The minimum Gasteiger partial charge on any atom is -0.462 e. The Labute approximate surface area is 218 Å². The van der Waals surface area contributed by atoms with E-state index in [9.17, 15) is 19.8 Å². The SMILES string of the molecule is CC1=CC[C@@]23COC(=O)/C=C(\C)CCO[C@@H]([C@@H](C)O)/C=C/C=C\C(=O)O[C@@H]4C[C@H]5O[C@@H]2[C@@H]1C[C@@]5(O)[C@]43C. The third-order valence-electron chi connectivity index (χ3n) is 9.68. The highest BCUT2D eigenvalue weighted by Crippen LogP contribution is 2.73. The predicted molar refractivity (Wildman–Crippen MR) is 134 cm³/mol. The van der Waals surface area contributed by atoms with Crippen LogP contribution in [0.25, 0.3) is 0 Å². The number of esters is 2. The molecule has 3 aliphatic carbocycles. The van der Waals surface area contributed by atoms with E-state index >= 15 is 0 Å². The van der Waals surface area contributed by atoms with Crippen molar-refractivity contribution in [2.75, 3.05) is 13.2 Å². The summed E-state index contributed by atoms with van der Waals surface area (Å²) in [5.41, 5.74) is -0.833. The molecule has 2 saturated carbocycles. The second-order valence-corrected chi connectivity index (χ2v) is 11.6. The first kappa shape index (κ1) is 26.4. The number of cyclic esters (lactones) is 1. The molecule has 37 heavy (non-hydrogen) atoms. The molecule has 0 amide bonds. The molecular weight excluding hydrogens is 476 g/mol. The molecule has 8 heteroatoms. The largest absolute Gasteiger partial charge is 0.462 e. The summed E-state index contributed by atoms with van der Waals surface area (Å²) in [4.78, 5) is 25.8. The molecule has 8 nitrogen and oxygen atoms in total. The van der Waals surface area contributed by atoms with Crippen molar-refractivity contribution in [2.24, 2.45) is 16.7 Å². The van der Waals surface area contributed by atoms with Crippen LogP contribution in [-0.4, -0.2) is 71.5 Å². The first-order chi connectivity index (χ1) is 17.5. The summed E-state index contributed by atoms with van der Waals surface area (Å²) in [6.07, 6.45) is 9.22. The summed E-state index contributed by atoms with van der Waals surface area (Å²) in [5, 5.41) is 22.2. The monoisotopic (exact) mass is 514 g/mol. The molecule has 6 rings (SSSR count). The maximum Gasteiger partial charge on any atom is 0.331 e. The fourth-order valence-corrected chi connectivity index (χ4v) is 7.42. The summed E-state index contributed by atoms with van der Waals surface area (Å²) in [6, 6.07) is 0. The lowest BCUT2D eigenvalue weighted by Gasteiger charge is -2.69. The first-order valence-electron chi connectivity index (χ1n) is 13.3. The molecule has 9 atom stereocenters. The van der Waals surface area contributed by atoms with E-state index in [4.69, 9.17) is 18.9 Å². The Morgan fingerprint density at radius 2 is 1.92 bits per heavy atom. The van der Waals surface area contributed by atoms with Gasteiger partial charge in [-0.2, -0.15) is 0 Å². The molecule has 202 valence electrons. The van der Waals surface area contributed by atoms with Gasteiger partial charge in [0.2, 0.25) is 0 Å². The Morgan fingerprint density at radius 1 is 1.14 bits per heavy atom. The molecule has 3 aliphatic heterocycles. The minimum atomic E-state index is -1.21. The zero-order chi connectivity index (χ0) is 26.6. The standard InChI is InChI=1S/C29H38O8/c1-17-10-12-34-21(19(3)30)7-5-6-8-24(31)36-22-14-23-29(33)15-20-18(2)9-11-28(26(20)37-23,27(22,29)4)16-35-25(32)13-17/h5-9,13,19-23,26,30,33H,10-12,14-16H2,1-4H3/b7-5+,8-6-,17-13+/t19-,20-,21-,22-,23-,26-,27-,28-,29+/m1/s1. The number of rotatable bonds is 1. The van der Waals surface area contributed by atoms with E-state index in [2.05, 4.69) is 13.0 Å². The summed E-state index contributed by atoms with van der Waals surface area (Å²) < 4.78 is 24.2. The predicted octanol–water partition coefficient (Wildman–Crippen LogP) is 2.93. The quantitative estimate of drug-likeness (QED) is 0.406. The molecule has 3 heterocycles. The molecule has 2 N–H and O–H groups in total. The summed E-state index contributed by atoms with van der Waals surface area (Å²) in [5.74, 6) is -0.968. The number of aliphatic hydroxyl groups excluding tert-OH is 1. The second-order valence-electron chi connectivity index (χ2n) is 11.6. The van der Waals surface area contributed by atoms with Crippen molar-refractivity contribution in [3.8, 4) is 0 Å². The van der Waals surface area contributed by atoms with Gasteiger partial charge in [0.05, 0.1) is 24.9 Å². The summed E-state index contributed by atoms with van der Waals surface area (Å²) in [6.45, 7) is 7.87. The summed E-state index contributed by atoms with van der Waals surface area (Å²) >= 11 is 0. The maximum atomic E-state index is 12.9. The van der Waals surface area contributed by atoms with E-state index in [-0.39, 0.29) is 18.6 Å². The molecule has 6 aliphatic rings. The lowest BCUT2D eigenvalue weighted by atomic mass is 9.42. The van der Waals surface area contributed by atoms with Crippen molar-refractivity contribution in [1.29, 1.82) is 0 Å². The van der Waals surface area contributed by atoms with Crippen LogP contribution < -0.4 is 0 Å². The average molecular weight is 515 g/mol. The van der Waals surface area contributed by atoms with Gasteiger partial charge in [-0.25, -0.2) is 9.59 Å². The number of hydrogen-bond donors (Lipinski definition) is 2. The second kappa shape index (κ2) is 9.49. The number of aliphatic hydroxyl groups is 2. The molecule has 0 aromatic heterocycles. The molecule has 0 unspecified atom stereocenters. The van der Waals surface area contributed by atoms with Gasteiger partial charge in [-0.1, -0.05) is 42.4 Å². The molecule has 0 aromatic carbocycles. The third kappa shape index (κ3) is 4.04. The molecule has 6 bridgehead atoms. The van der Waals surface area contributed by atoms with Crippen molar-refractivity contribution in [2.45, 2.75) is 89.5 Å². The number of hydrogen-bond acceptors (Lipinski definition) is 8. The van der Waals surface area contributed by atoms with Gasteiger partial charge in [-0.3, -0.25) is 0 Å². The van der Waals surface area contributed by atoms with Crippen molar-refractivity contribution >= 4 is 11.9 Å². The first-order valence-corrected chi connectivity index (χ1v) is 13.3. The van der Waals surface area contributed by atoms with Gasteiger partial charge in [0, 0.05) is 35.3 Å². The number of carbonyl (C=O) groups is 2. The van der Waals surface area contributed by atoms with E-state index < -0.39 is 52.8 Å². The number of ether oxygens (including phenoxy) is 4. The van der Waals surface area contributed by atoms with Crippen LogP contribution >= 0.6 is 0 Å². The van der Waals surface area contributed by atoms with Crippen LogP contribution in [0.3, 0.4) is 0 Å². The average Bonchev–Trinajstić information content (AvgIpc) is 2.98. The normalized spacial score (nSPS) is 47.9.